The van der Waals surface area contributed by atoms with E-state index in [9.17, 15) is 22.8 Å². The fourth-order valence-corrected chi connectivity index (χ4v) is 3.56. The monoisotopic (exact) mass is 467 g/mol. The molecule has 1 aliphatic heterocycles. The van der Waals surface area contributed by atoms with Gasteiger partial charge in [-0.2, -0.15) is 0 Å². The summed E-state index contributed by atoms with van der Waals surface area (Å²) in [5.74, 6) is -1.88. The van der Waals surface area contributed by atoms with Crippen LogP contribution in [0.5, 0.6) is 5.75 Å². The maximum Gasteiger partial charge on any atom is 0.573 e. The van der Waals surface area contributed by atoms with Gasteiger partial charge in [0, 0.05) is 31.5 Å². The lowest BCUT2D eigenvalue weighted by atomic mass is 10.0. The van der Waals surface area contributed by atoms with Crippen LogP contribution in [-0.4, -0.2) is 32.3 Å². The van der Waals surface area contributed by atoms with Gasteiger partial charge in [-0.3, -0.25) is 9.59 Å². The number of nitrogens with zero attached hydrogens (tertiary/aromatic N) is 2. The molecule has 2 amide bonds. The third kappa shape index (κ3) is 4.73. The van der Waals surface area contributed by atoms with Gasteiger partial charge in [0.25, 0.3) is 11.8 Å². The molecule has 0 bridgehead atoms. The number of imide groups is 1. The Labute approximate surface area is 193 Å². The number of halogens is 3. The Hall–Kier alpha value is -4.27. The highest BCUT2D eigenvalue weighted by molar-refractivity contribution is 6.46. The first kappa shape index (κ1) is 22.9. The predicted molar refractivity (Wildman–Crippen MR) is 123 cm³/mol. The van der Waals surface area contributed by atoms with Gasteiger partial charge in [-0.1, -0.05) is 36.4 Å². The summed E-state index contributed by atoms with van der Waals surface area (Å²) in [5.41, 5.74) is 2.12. The number of anilines is 3. The van der Waals surface area contributed by atoms with Gasteiger partial charge in [-0.05, 0) is 42.0 Å². The smallest absolute Gasteiger partial charge is 0.406 e. The Morgan fingerprint density at radius 1 is 0.853 bits per heavy atom. The molecule has 0 aromatic heterocycles. The number of alkyl halides is 3. The average molecular weight is 467 g/mol. The van der Waals surface area contributed by atoms with Gasteiger partial charge in [-0.25, -0.2) is 4.90 Å². The van der Waals surface area contributed by atoms with Gasteiger partial charge < -0.3 is 15.0 Å². The standard InChI is InChI=1S/C25H20F3N3O3/c1-30(2)18-13-11-17(12-14-18)29-22-21(16-7-4-3-5-8-16)23(32)31(24(22)33)19-9-6-10-20(15-19)34-25(26,27)28/h3-15,29H,1-2H3. The molecule has 34 heavy (non-hydrogen) atoms. The Kier molecular flexibility index (Phi) is 6.02. The van der Waals surface area contributed by atoms with Gasteiger partial charge in [0.05, 0.1) is 11.3 Å². The number of rotatable bonds is 6. The van der Waals surface area contributed by atoms with Gasteiger partial charge in [0.2, 0.25) is 0 Å². The van der Waals surface area contributed by atoms with E-state index in [1.807, 2.05) is 31.1 Å². The van der Waals surface area contributed by atoms with Crippen LogP contribution >= 0.6 is 0 Å². The minimum atomic E-state index is -4.91. The molecule has 0 fully saturated rings. The fraction of sp³-hybridized carbons (Fsp3) is 0.120. The summed E-state index contributed by atoms with van der Waals surface area (Å²) in [4.78, 5) is 29.5. The van der Waals surface area contributed by atoms with E-state index in [0.29, 0.717) is 11.3 Å². The minimum Gasteiger partial charge on any atom is -0.406 e. The molecule has 1 aliphatic rings. The highest BCUT2D eigenvalue weighted by Crippen LogP contribution is 2.35. The molecular formula is C25H20F3N3O3. The lowest BCUT2D eigenvalue weighted by Crippen LogP contribution is -2.32. The molecule has 0 radical (unpaired) electrons. The van der Waals surface area contributed by atoms with Gasteiger partial charge in [0.15, 0.2) is 0 Å². The second kappa shape index (κ2) is 8.93. The normalized spacial score (nSPS) is 14.0. The lowest BCUT2D eigenvalue weighted by molar-refractivity contribution is -0.274. The van der Waals surface area contributed by atoms with Crippen molar-refractivity contribution in [3.8, 4) is 5.75 Å². The van der Waals surface area contributed by atoms with E-state index in [1.54, 1.807) is 42.5 Å². The van der Waals surface area contributed by atoms with E-state index >= 15 is 0 Å². The summed E-state index contributed by atoms with van der Waals surface area (Å²) in [5, 5.41) is 3.03. The molecule has 9 heteroatoms. The molecule has 1 N–H and O–H groups in total. The van der Waals surface area contributed by atoms with Crippen molar-refractivity contribution >= 4 is 34.4 Å². The van der Waals surface area contributed by atoms with Crippen LogP contribution in [0.25, 0.3) is 5.57 Å². The number of nitrogens with one attached hydrogen (secondary N) is 1. The number of ether oxygens (including phenoxy) is 1. The summed E-state index contributed by atoms with van der Waals surface area (Å²) in [6.45, 7) is 0. The number of carbonyl (C=O) groups excluding carboxylic acids is 2. The topological polar surface area (TPSA) is 61.9 Å². The Morgan fingerprint density at radius 2 is 1.53 bits per heavy atom. The van der Waals surface area contributed by atoms with Crippen LogP contribution in [0.1, 0.15) is 5.56 Å². The van der Waals surface area contributed by atoms with Crippen LogP contribution in [0.3, 0.4) is 0 Å². The summed E-state index contributed by atoms with van der Waals surface area (Å²) in [7, 11) is 3.79. The minimum absolute atomic E-state index is 0.0240. The zero-order valence-corrected chi connectivity index (χ0v) is 18.3. The molecule has 0 saturated carbocycles. The van der Waals surface area contributed by atoms with Crippen molar-refractivity contribution in [3.63, 3.8) is 0 Å². The Bertz CT molecular complexity index is 1250. The number of benzene rings is 3. The van der Waals surface area contributed by atoms with Gasteiger partial charge in [0.1, 0.15) is 11.4 Å². The first-order chi connectivity index (χ1) is 16.1. The maximum atomic E-state index is 13.4. The van der Waals surface area contributed by atoms with E-state index in [-0.39, 0.29) is 17.0 Å². The van der Waals surface area contributed by atoms with Crippen LogP contribution in [0.15, 0.2) is 84.6 Å². The molecule has 0 spiro atoms. The third-order valence-corrected chi connectivity index (χ3v) is 5.11. The Morgan fingerprint density at radius 3 is 2.15 bits per heavy atom. The van der Waals surface area contributed by atoms with E-state index in [2.05, 4.69) is 10.1 Å². The van der Waals surface area contributed by atoms with Crippen molar-refractivity contribution in [1.29, 1.82) is 0 Å². The van der Waals surface area contributed by atoms with Crippen molar-refractivity contribution in [2.75, 3.05) is 29.2 Å². The molecule has 3 aromatic rings. The molecule has 1 heterocycles. The maximum absolute atomic E-state index is 13.4. The lowest BCUT2D eigenvalue weighted by Gasteiger charge is -2.17. The molecule has 6 nitrogen and oxygen atoms in total. The third-order valence-electron chi connectivity index (χ3n) is 5.11. The number of amides is 2. The molecule has 0 unspecified atom stereocenters. The zero-order valence-electron chi connectivity index (χ0n) is 18.3. The highest BCUT2D eigenvalue weighted by Gasteiger charge is 2.40. The van der Waals surface area contributed by atoms with E-state index < -0.39 is 23.9 Å². The molecule has 0 atom stereocenters. The first-order valence-electron chi connectivity index (χ1n) is 10.2. The second-order valence-corrected chi connectivity index (χ2v) is 7.67. The fourth-order valence-electron chi connectivity index (χ4n) is 3.56. The average Bonchev–Trinajstić information content (AvgIpc) is 3.03. The number of hydrogen-bond acceptors (Lipinski definition) is 5. The van der Waals surface area contributed by atoms with E-state index in [0.717, 1.165) is 22.7 Å². The SMILES string of the molecule is CN(C)c1ccc(NC2=C(c3ccccc3)C(=O)N(c3cccc(OC(F)(F)F)c3)C2=O)cc1. The zero-order chi connectivity index (χ0) is 24.5. The van der Waals surface area contributed by atoms with Crippen LogP contribution < -0.4 is 19.9 Å². The molecule has 4 rings (SSSR count). The summed E-state index contributed by atoms with van der Waals surface area (Å²) < 4.78 is 42.0. The van der Waals surface area contributed by atoms with Crippen molar-refractivity contribution < 1.29 is 27.5 Å². The van der Waals surface area contributed by atoms with Crippen molar-refractivity contribution in [2.24, 2.45) is 0 Å². The first-order valence-corrected chi connectivity index (χ1v) is 10.2. The summed E-state index contributed by atoms with van der Waals surface area (Å²) in [6.07, 6.45) is -4.91. The highest BCUT2D eigenvalue weighted by atomic mass is 19.4. The van der Waals surface area contributed by atoms with Crippen molar-refractivity contribution in [1.82, 2.24) is 0 Å². The molecule has 3 aromatic carbocycles. The molecule has 174 valence electrons. The molecular weight excluding hydrogens is 447 g/mol. The summed E-state index contributed by atoms with van der Waals surface area (Å²) in [6, 6.07) is 20.6. The summed E-state index contributed by atoms with van der Waals surface area (Å²) >= 11 is 0. The van der Waals surface area contributed by atoms with Crippen LogP contribution in [-0.2, 0) is 9.59 Å². The van der Waals surface area contributed by atoms with E-state index in [1.165, 1.54) is 12.1 Å². The van der Waals surface area contributed by atoms with Crippen LogP contribution in [0.2, 0.25) is 0 Å². The molecule has 0 aliphatic carbocycles. The molecule has 0 saturated heterocycles. The largest absolute Gasteiger partial charge is 0.573 e. The van der Waals surface area contributed by atoms with Gasteiger partial charge >= 0.3 is 6.36 Å². The van der Waals surface area contributed by atoms with E-state index in [4.69, 9.17) is 0 Å². The van der Waals surface area contributed by atoms with Gasteiger partial charge in [-0.15, -0.1) is 13.2 Å². The predicted octanol–water partition coefficient (Wildman–Crippen LogP) is 5.05. The Balaban J connectivity index is 1.73. The van der Waals surface area contributed by atoms with Crippen LogP contribution in [0, 0.1) is 0 Å². The van der Waals surface area contributed by atoms with Crippen LogP contribution in [0.4, 0.5) is 30.2 Å². The van der Waals surface area contributed by atoms with Crippen molar-refractivity contribution in [2.45, 2.75) is 6.36 Å². The quantitative estimate of drug-likeness (QED) is 0.515. The number of hydrogen-bond donors (Lipinski definition) is 1. The number of carbonyl (C=O) groups is 2. The van der Waals surface area contributed by atoms with Crippen molar-refractivity contribution in [3.05, 3.63) is 90.1 Å². The second-order valence-electron chi connectivity index (χ2n) is 7.67.